The standard InChI is InChI=1S/2C3H5.Pt/c2*1-3-2;/h2*3H,1-2H2;/q2*-1;+2. The predicted octanol–water partition coefficient (Wildman–Crippen LogP) is 2.01. The van der Waals surface area contributed by atoms with Gasteiger partial charge in [-0.15, -0.1) is 0 Å². The van der Waals surface area contributed by atoms with Gasteiger partial charge < -0.3 is 0 Å². The van der Waals surface area contributed by atoms with Crippen molar-refractivity contribution >= 4 is 0 Å². The van der Waals surface area contributed by atoms with E-state index in [1.807, 2.05) is 0 Å². The molecule has 0 aliphatic carbocycles. The predicted molar refractivity (Wildman–Crippen MR) is 31.1 cm³/mol. The van der Waals surface area contributed by atoms with Gasteiger partial charge in [-0.3, -0.25) is 0 Å². The molecule has 0 heterocycles. The third-order valence-corrected chi connectivity index (χ3v) is 0. The van der Waals surface area contributed by atoms with Crippen LogP contribution in [-0.4, -0.2) is 0 Å². The minimum atomic E-state index is 0. The molecule has 0 saturated heterocycles. The Labute approximate surface area is 60.6 Å². The molecule has 44 valence electrons. The van der Waals surface area contributed by atoms with Gasteiger partial charge in [-0.2, -0.15) is 0 Å². The maximum Gasteiger partial charge on any atom is 2.00 e. The minimum absolute atomic E-state index is 0. The van der Waals surface area contributed by atoms with Gasteiger partial charge in [-0.1, -0.05) is 0 Å². The summed E-state index contributed by atoms with van der Waals surface area (Å²) in [5.41, 5.74) is 0. The smallest absolute Gasteiger partial charge is 0.245 e. The first-order chi connectivity index (χ1) is 2.83. The van der Waals surface area contributed by atoms with Gasteiger partial charge in [0.15, 0.2) is 0 Å². The summed E-state index contributed by atoms with van der Waals surface area (Å²) < 4.78 is 0. The average Bonchev–Trinajstić information content (AvgIpc) is 1.39. The van der Waals surface area contributed by atoms with Gasteiger partial charge in [-0.25, -0.2) is 39.2 Å². The van der Waals surface area contributed by atoms with Crippen molar-refractivity contribution < 1.29 is 21.1 Å². The minimum Gasteiger partial charge on any atom is -0.245 e. The van der Waals surface area contributed by atoms with Crippen LogP contribution in [0, 0.1) is 13.8 Å². The van der Waals surface area contributed by atoms with E-state index in [1.54, 1.807) is 0 Å². The molecule has 0 aliphatic heterocycles. The molecular weight excluding hydrogens is 267 g/mol. The molecule has 0 nitrogen and oxygen atoms in total. The molecule has 0 saturated carbocycles. The largest absolute Gasteiger partial charge is 2.00 e. The van der Waals surface area contributed by atoms with E-state index in [0.29, 0.717) is 0 Å². The molecule has 0 bridgehead atoms. The molecule has 0 atom stereocenters. The SMILES string of the molecule is C=C[CH2-].C=C[CH2-].[Pt+2]. The second kappa shape index (κ2) is 39.1. The Morgan fingerprint density at radius 1 is 1.00 bits per heavy atom. The average molecular weight is 277 g/mol. The topological polar surface area (TPSA) is 0 Å². The third kappa shape index (κ3) is 10700. The van der Waals surface area contributed by atoms with Crippen LogP contribution in [0.3, 0.4) is 0 Å². The quantitative estimate of drug-likeness (QED) is 0.594. The zero-order valence-corrected chi connectivity index (χ0v) is 6.57. The maximum absolute atomic E-state index is 3.25. The van der Waals surface area contributed by atoms with Gasteiger partial charge in [0.1, 0.15) is 0 Å². The van der Waals surface area contributed by atoms with Gasteiger partial charge in [0, 0.05) is 0 Å². The summed E-state index contributed by atoms with van der Waals surface area (Å²) in [6, 6.07) is 0. The van der Waals surface area contributed by atoms with Gasteiger partial charge in [0.05, 0.1) is 0 Å². The van der Waals surface area contributed by atoms with E-state index < -0.39 is 0 Å². The van der Waals surface area contributed by atoms with Gasteiger partial charge in [0.25, 0.3) is 0 Å². The van der Waals surface area contributed by atoms with Crippen LogP contribution < -0.4 is 0 Å². The Morgan fingerprint density at radius 3 is 1.00 bits per heavy atom. The molecule has 0 spiro atoms. The summed E-state index contributed by atoms with van der Waals surface area (Å²) in [5, 5.41) is 0. The summed E-state index contributed by atoms with van der Waals surface area (Å²) in [4.78, 5) is 0. The van der Waals surface area contributed by atoms with Gasteiger partial charge in [0.2, 0.25) is 0 Å². The fourth-order valence-electron chi connectivity index (χ4n) is 0. The zero-order valence-electron chi connectivity index (χ0n) is 4.30. The fraction of sp³-hybridized carbons (Fsp3) is 0. The van der Waals surface area contributed by atoms with Crippen molar-refractivity contribution in [3.8, 4) is 0 Å². The van der Waals surface area contributed by atoms with Crippen LogP contribution in [-0.2, 0) is 21.1 Å². The number of allylic oxidation sites excluding steroid dienone is 2. The molecule has 0 radical (unpaired) electrons. The molecule has 0 aromatic carbocycles. The molecule has 0 amide bonds. The zero-order chi connectivity index (χ0) is 5.41. The second-order valence-corrected chi connectivity index (χ2v) is 0.577. The van der Waals surface area contributed by atoms with E-state index in [0.717, 1.165) is 0 Å². The normalized spacial score (nSPS) is 3.43. The van der Waals surface area contributed by atoms with Crippen molar-refractivity contribution in [2.75, 3.05) is 0 Å². The summed E-state index contributed by atoms with van der Waals surface area (Å²) in [5.74, 6) is 0. The van der Waals surface area contributed by atoms with E-state index >= 15 is 0 Å². The Kier molecular flexibility index (Phi) is 88.2. The van der Waals surface area contributed by atoms with Crippen LogP contribution in [0.15, 0.2) is 25.3 Å². The van der Waals surface area contributed by atoms with Crippen LogP contribution in [0.2, 0.25) is 0 Å². The van der Waals surface area contributed by atoms with Crippen molar-refractivity contribution in [2.45, 2.75) is 0 Å². The van der Waals surface area contributed by atoms with E-state index in [1.165, 1.54) is 12.2 Å². The summed E-state index contributed by atoms with van der Waals surface area (Å²) in [6.45, 7) is 13.0. The second-order valence-electron chi connectivity index (χ2n) is 0.577. The Morgan fingerprint density at radius 2 is 1.00 bits per heavy atom. The number of hydrogen-bond donors (Lipinski definition) is 0. The van der Waals surface area contributed by atoms with Crippen molar-refractivity contribution in [2.24, 2.45) is 0 Å². The van der Waals surface area contributed by atoms with Crippen LogP contribution in [0.1, 0.15) is 0 Å². The Hall–Kier alpha value is -0.0917. The molecule has 0 aromatic rings. The molecule has 0 aliphatic rings. The van der Waals surface area contributed by atoms with Crippen LogP contribution in [0.5, 0.6) is 0 Å². The fourth-order valence-corrected chi connectivity index (χ4v) is 0. The van der Waals surface area contributed by atoms with Gasteiger partial charge in [-0.05, 0) is 0 Å². The first-order valence-corrected chi connectivity index (χ1v) is 1.63. The Balaban J connectivity index is -0.0000000400. The first kappa shape index (κ1) is 15.8. The van der Waals surface area contributed by atoms with E-state index in [4.69, 9.17) is 0 Å². The molecule has 1 heteroatoms. The van der Waals surface area contributed by atoms with Crippen molar-refractivity contribution in [3.05, 3.63) is 39.2 Å². The number of hydrogen-bond acceptors (Lipinski definition) is 0. The van der Waals surface area contributed by atoms with E-state index in [-0.39, 0.29) is 21.1 Å². The molecule has 0 N–H and O–H groups in total. The molecule has 0 rings (SSSR count). The van der Waals surface area contributed by atoms with Gasteiger partial charge >= 0.3 is 21.1 Å². The maximum atomic E-state index is 3.25. The van der Waals surface area contributed by atoms with E-state index in [9.17, 15) is 0 Å². The molecule has 0 aromatic heterocycles. The molecule has 7 heavy (non-hydrogen) atoms. The molecular formula is C6H10Pt. The van der Waals surface area contributed by atoms with Crippen LogP contribution in [0.4, 0.5) is 0 Å². The molecule has 0 unspecified atom stereocenters. The Bertz CT molecular complexity index is 25.2. The van der Waals surface area contributed by atoms with Crippen LogP contribution in [0.25, 0.3) is 0 Å². The summed E-state index contributed by atoms with van der Waals surface area (Å²) >= 11 is 0. The van der Waals surface area contributed by atoms with Crippen molar-refractivity contribution in [3.63, 3.8) is 0 Å². The van der Waals surface area contributed by atoms with E-state index in [2.05, 4.69) is 27.0 Å². The van der Waals surface area contributed by atoms with Crippen LogP contribution >= 0.6 is 0 Å². The summed E-state index contributed by atoms with van der Waals surface area (Å²) in [6.07, 6.45) is 3.00. The monoisotopic (exact) mass is 277 g/mol. The molecule has 0 fully saturated rings. The summed E-state index contributed by atoms with van der Waals surface area (Å²) in [7, 11) is 0. The third-order valence-electron chi connectivity index (χ3n) is 0. The van der Waals surface area contributed by atoms with Crippen molar-refractivity contribution in [1.82, 2.24) is 0 Å². The first-order valence-electron chi connectivity index (χ1n) is 1.63. The van der Waals surface area contributed by atoms with Crippen molar-refractivity contribution in [1.29, 1.82) is 0 Å². The number of rotatable bonds is 0.